The van der Waals surface area contributed by atoms with Crippen LogP contribution in [0.3, 0.4) is 0 Å². The Morgan fingerprint density at radius 3 is 2.64 bits per heavy atom. The minimum Gasteiger partial charge on any atom is -0.361 e. The number of thiazole rings is 1. The molecule has 0 aliphatic heterocycles. The number of carbonyl (C=O) groups is 1. The van der Waals surface area contributed by atoms with Gasteiger partial charge in [-0.2, -0.15) is 0 Å². The van der Waals surface area contributed by atoms with E-state index < -0.39 is 17.5 Å². The van der Waals surface area contributed by atoms with E-state index in [1.807, 2.05) is 19.0 Å². The maximum absolute atomic E-state index is 13.9. The largest absolute Gasteiger partial charge is 0.361 e. The van der Waals surface area contributed by atoms with Gasteiger partial charge in [-0.25, -0.2) is 13.8 Å². The monoisotopic (exact) mass is 366 g/mol. The molecule has 0 saturated heterocycles. The molecular formula is C16H16F2N4O2S. The van der Waals surface area contributed by atoms with Gasteiger partial charge in [-0.05, 0) is 27.1 Å². The van der Waals surface area contributed by atoms with E-state index in [4.69, 9.17) is 4.52 Å². The number of nitrogens with zero attached hydrogens (tertiary/aromatic N) is 4. The number of aryl methyl sites for hydroxylation is 1. The minimum atomic E-state index is -0.755. The Morgan fingerprint density at radius 2 is 2.00 bits per heavy atom. The molecule has 0 aliphatic carbocycles. The van der Waals surface area contributed by atoms with E-state index in [1.54, 1.807) is 6.92 Å². The molecule has 1 amide bonds. The highest BCUT2D eigenvalue weighted by atomic mass is 32.1. The highest BCUT2D eigenvalue weighted by Crippen LogP contribution is 2.31. The van der Waals surface area contributed by atoms with Gasteiger partial charge in [-0.1, -0.05) is 16.5 Å². The minimum absolute atomic E-state index is 0.0420. The van der Waals surface area contributed by atoms with Crippen molar-refractivity contribution in [2.75, 3.05) is 32.1 Å². The number of fused-ring (bicyclic) bond motifs is 1. The quantitative estimate of drug-likeness (QED) is 0.694. The molecule has 0 atom stereocenters. The predicted molar refractivity (Wildman–Crippen MR) is 91.0 cm³/mol. The molecule has 1 aromatic carbocycles. The lowest BCUT2D eigenvalue weighted by molar-refractivity contribution is 0.0976. The summed E-state index contributed by atoms with van der Waals surface area (Å²) in [6.07, 6.45) is 0. The van der Waals surface area contributed by atoms with E-state index in [9.17, 15) is 13.6 Å². The van der Waals surface area contributed by atoms with Gasteiger partial charge in [0.05, 0.1) is 4.70 Å². The van der Waals surface area contributed by atoms with Crippen molar-refractivity contribution < 1.29 is 18.1 Å². The summed E-state index contributed by atoms with van der Waals surface area (Å²) in [5.41, 5.74) is 0.183. The third-order valence-corrected chi connectivity index (χ3v) is 4.52. The molecule has 0 saturated carbocycles. The number of hydrogen-bond donors (Lipinski definition) is 0. The lowest BCUT2D eigenvalue weighted by atomic mass is 10.3. The van der Waals surface area contributed by atoms with Gasteiger partial charge in [0.1, 0.15) is 17.1 Å². The Morgan fingerprint density at radius 1 is 1.24 bits per heavy atom. The average molecular weight is 366 g/mol. The molecule has 132 valence electrons. The van der Waals surface area contributed by atoms with E-state index in [1.165, 1.54) is 17.0 Å². The molecule has 6 nitrogen and oxygen atoms in total. The first-order chi connectivity index (χ1) is 11.8. The maximum atomic E-state index is 13.9. The molecule has 0 radical (unpaired) electrons. The fraction of sp³-hybridized carbons (Fsp3) is 0.312. The molecule has 3 rings (SSSR count). The van der Waals surface area contributed by atoms with Crippen LogP contribution < -0.4 is 4.90 Å². The van der Waals surface area contributed by atoms with Crippen LogP contribution in [-0.2, 0) is 0 Å². The molecule has 25 heavy (non-hydrogen) atoms. The first-order valence-electron chi connectivity index (χ1n) is 7.50. The van der Waals surface area contributed by atoms with Gasteiger partial charge in [0, 0.05) is 25.2 Å². The summed E-state index contributed by atoms with van der Waals surface area (Å²) in [5.74, 6) is -1.33. The molecule has 3 aromatic rings. The Labute approximate surface area is 146 Å². The van der Waals surface area contributed by atoms with E-state index in [0.29, 0.717) is 23.5 Å². The third-order valence-electron chi connectivity index (χ3n) is 3.50. The Bertz CT molecular complexity index is 922. The Balaban J connectivity index is 2.01. The first-order valence-corrected chi connectivity index (χ1v) is 8.32. The fourth-order valence-electron chi connectivity index (χ4n) is 2.25. The Kier molecular flexibility index (Phi) is 4.78. The standard InChI is InChI=1S/C16H16F2N4O2S/c1-9-6-12(20-24-9)15(23)22(5-4-21(2)3)16-19-14-11(18)7-10(17)8-13(14)25-16/h6-8H,4-5H2,1-3H3. The lowest BCUT2D eigenvalue weighted by Crippen LogP contribution is -2.36. The molecule has 0 fully saturated rings. The number of halogens is 2. The second-order valence-electron chi connectivity index (χ2n) is 5.81. The summed E-state index contributed by atoms with van der Waals surface area (Å²) in [7, 11) is 3.74. The second kappa shape index (κ2) is 6.85. The molecule has 0 unspecified atom stereocenters. The summed E-state index contributed by atoms with van der Waals surface area (Å²) in [5, 5.41) is 4.02. The average Bonchev–Trinajstić information content (AvgIpc) is 3.13. The van der Waals surface area contributed by atoms with Crippen LogP contribution in [0.25, 0.3) is 10.2 Å². The van der Waals surface area contributed by atoms with Crippen molar-refractivity contribution >= 4 is 32.6 Å². The summed E-state index contributed by atoms with van der Waals surface area (Å²) < 4.78 is 32.6. The molecule has 0 N–H and O–H groups in total. The van der Waals surface area contributed by atoms with Crippen molar-refractivity contribution in [3.05, 3.63) is 41.3 Å². The van der Waals surface area contributed by atoms with E-state index >= 15 is 0 Å². The normalized spacial score (nSPS) is 11.4. The number of aromatic nitrogens is 2. The van der Waals surface area contributed by atoms with Gasteiger partial charge in [0.25, 0.3) is 5.91 Å². The van der Waals surface area contributed by atoms with E-state index in [-0.39, 0.29) is 16.3 Å². The summed E-state index contributed by atoms with van der Waals surface area (Å²) in [4.78, 5) is 20.3. The van der Waals surface area contributed by atoms with Crippen molar-refractivity contribution in [2.24, 2.45) is 0 Å². The zero-order valence-electron chi connectivity index (χ0n) is 13.9. The number of carbonyl (C=O) groups excluding carboxylic acids is 1. The van der Waals surface area contributed by atoms with Gasteiger partial charge in [-0.3, -0.25) is 9.69 Å². The van der Waals surface area contributed by atoms with Gasteiger partial charge >= 0.3 is 0 Å². The molecule has 0 bridgehead atoms. The van der Waals surface area contributed by atoms with E-state index in [0.717, 1.165) is 17.4 Å². The number of rotatable bonds is 5. The number of likely N-dealkylation sites (N-methyl/N-ethyl adjacent to an activating group) is 1. The smallest absolute Gasteiger partial charge is 0.282 e. The molecule has 0 spiro atoms. The topological polar surface area (TPSA) is 62.5 Å². The molecule has 2 heterocycles. The number of anilines is 1. The van der Waals surface area contributed by atoms with Crippen LogP contribution in [-0.4, -0.2) is 48.1 Å². The van der Waals surface area contributed by atoms with Gasteiger partial charge in [-0.15, -0.1) is 0 Å². The summed E-state index contributed by atoms with van der Waals surface area (Å²) in [6.45, 7) is 2.57. The van der Waals surface area contributed by atoms with Crippen LogP contribution in [0.2, 0.25) is 0 Å². The number of amides is 1. The zero-order chi connectivity index (χ0) is 18.1. The van der Waals surface area contributed by atoms with Crippen molar-refractivity contribution in [1.29, 1.82) is 0 Å². The van der Waals surface area contributed by atoms with Crippen LogP contribution in [0.4, 0.5) is 13.9 Å². The van der Waals surface area contributed by atoms with Gasteiger partial charge in [0.2, 0.25) is 0 Å². The number of benzene rings is 1. The summed E-state index contributed by atoms with van der Waals surface area (Å²) in [6, 6.07) is 3.51. The lowest BCUT2D eigenvalue weighted by Gasteiger charge is -2.20. The van der Waals surface area contributed by atoms with Crippen LogP contribution in [0.15, 0.2) is 22.7 Å². The predicted octanol–water partition coefficient (Wildman–Crippen LogP) is 3.08. The van der Waals surface area contributed by atoms with Crippen LogP contribution >= 0.6 is 11.3 Å². The summed E-state index contributed by atoms with van der Waals surface area (Å²) >= 11 is 1.05. The van der Waals surface area contributed by atoms with Crippen LogP contribution in [0, 0.1) is 18.6 Å². The molecule has 0 aliphatic rings. The van der Waals surface area contributed by atoms with Crippen molar-refractivity contribution in [3.63, 3.8) is 0 Å². The van der Waals surface area contributed by atoms with Crippen molar-refractivity contribution in [3.8, 4) is 0 Å². The Hall–Kier alpha value is -2.39. The van der Waals surface area contributed by atoms with Crippen LogP contribution in [0.5, 0.6) is 0 Å². The highest BCUT2D eigenvalue weighted by Gasteiger charge is 2.24. The molecular weight excluding hydrogens is 350 g/mol. The fourth-order valence-corrected chi connectivity index (χ4v) is 3.28. The zero-order valence-corrected chi connectivity index (χ0v) is 14.7. The third kappa shape index (κ3) is 3.67. The maximum Gasteiger partial charge on any atom is 0.282 e. The second-order valence-corrected chi connectivity index (χ2v) is 6.82. The van der Waals surface area contributed by atoms with Crippen molar-refractivity contribution in [2.45, 2.75) is 6.92 Å². The van der Waals surface area contributed by atoms with E-state index in [2.05, 4.69) is 10.1 Å². The van der Waals surface area contributed by atoms with Gasteiger partial charge in [0.15, 0.2) is 16.6 Å². The SMILES string of the molecule is Cc1cc(C(=O)N(CCN(C)C)c2nc3c(F)cc(F)cc3s2)no1. The van der Waals surface area contributed by atoms with Crippen molar-refractivity contribution in [1.82, 2.24) is 15.0 Å². The molecule has 9 heteroatoms. The van der Waals surface area contributed by atoms with Gasteiger partial charge < -0.3 is 9.42 Å². The number of hydrogen-bond acceptors (Lipinski definition) is 6. The molecule has 2 aromatic heterocycles. The first kappa shape index (κ1) is 17.4. The van der Waals surface area contributed by atoms with Crippen LogP contribution in [0.1, 0.15) is 16.2 Å². The highest BCUT2D eigenvalue weighted by molar-refractivity contribution is 7.22.